The molecule has 0 bridgehead atoms. The van der Waals surface area contributed by atoms with E-state index in [1.54, 1.807) is 20.8 Å². The highest BCUT2D eigenvalue weighted by Gasteiger charge is 2.28. The van der Waals surface area contributed by atoms with Crippen molar-refractivity contribution in [3.63, 3.8) is 0 Å². The first kappa shape index (κ1) is 11.3. The molecule has 0 aromatic carbocycles. The number of rotatable bonds is 1. The van der Waals surface area contributed by atoms with Gasteiger partial charge in [0.15, 0.2) is 0 Å². The summed E-state index contributed by atoms with van der Waals surface area (Å²) in [6.07, 6.45) is -1.01. The van der Waals surface area contributed by atoms with Gasteiger partial charge in [-0.1, -0.05) is 0 Å². The summed E-state index contributed by atoms with van der Waals surface area (Å²) in [6, 6.07) is -0.246. The standard InChI is InChI=1S/C9H18N2O3/c1-9(2,3)14-8(13)11-6-4-10-5-7(6)12/h6-7,10,12H,4-5H2,1-3H3,(H,11,13)/t6?,7-/m0/s1. The number of carbonyl (C=O) groups is 1. The van der Waals surface area contributed by atoms with Crippen LogP contribution in [0.15, 0.2) is 0 Å². The third-order valence-corrected chi connectivity index (χ3v) is 1.88. The van der Waals surface area contributed by atoms with Crippen molar-refractivity contribution in [3.05, 3.63) is 0 Å². The topological polar surface area (TPSA) is 70.6 Å². The number of alkyl carbamates (subject to hydrolysis) is 1. The molecule has 0 aromatic rings. The van der Waals surface area contributed by atoms with E-state index in [2.05, 4.69) is 10.6 Å². The van der Waals surface area contributed by atoms with E-state index in [-0.39, 0.29) is 6.04 Å². The molecule has 0 aliphatic carbocycles. The fraction of sp³-hybridized carbons (Fsp3) is 0.889. The molecular weight excluding hydrogens is 184 g/mol. The molecule has 1 amide bonds. The van der Waals surface area contributed by atoms with Crippen LogP contribution in [0, 0.1) is 0 Å². The fourth-order valence-electron chi connectivity index (χ4n) is 1.27. The molecule has 1 unspecified atom stereocenters. The van der Waals surface area contributed by atoms with Crippen LogP contribution in [-0.2, 0) is 4.74 Å². The van der Waals surface area contributed by atoms with E-state index in [1.807, 2.05) is 0 Å². The maximum Gasteiger partial charge on any atom is 0.408 e. The molecule has 0 saturated carbocycles. The minimum Gasteiger partial charge on any atom is -0.444 e. The molecule has 1 fully saturated rings. The lowest BCUT2D eigenvalue weighted by atomic mass is 10.2. The third-order valence-electron chi connectivity index (χ3n) is 1.88. The number of nitrogens with one attached hydrogen (secondary N) is 2. The summed E-state index contributed by atoms with van der Waals surface area (Å²) in [7, 11) is 0. The van der Waals surface area contributed by atoms with Gasteiger partial charge >= 0.3 is 6.09 Å². The molecule has 14 heavy (non-hydrogen) atoms. The quantitative estimate of drug-likeness (QED) is 0.553. The van der Waals surface area contributed by atoms with Crippen LogP contribution in [0.5, 0.6) is 0 Å². The Morgan fingerprint density at radius 2 is 2.14 bits per heavy atom. The van der Waals surface area contributed by atoms with Crippen molar-refractivity contribution in [2.75, 3.05) is 13.1 Å². The Hall–Kier alpha value is -0.810. The van der Waals surface area contributed by atoms with E-state index in [1.165, 1.54) is 0 Å². The molecule has 1 aliphatic rings. The number of hydrogen-bond donors (Lipinski definition) is 3. The maximum atomic E-state index is 11.3. The highest BCUT2D eigenvalue weighted by molar-refractivity contribution is 5.68. The minimum absolute atomic E-state index is 0.246. The number of hydrogen-bond acceptors (Lipinski definition) is 4. The van der Waals surface area contributed by atoms with E-state index in [4.69, 9.17) is 4.74 Å². The van der Waals surface area contributed by atoms with Crippen LogP contribution in [0.1, 0.15) is 20.8 Å². The van der Waals surface area contributed by atoms with Gasteiger partial charge < -0.3 is 20.5 Å². The highest BCUT2D eigenvalue weighted by Crippen LogP contribution is 2.07. The van der Waals surface area contributed by atoms with Crippen molar-refractivity contribution in [1.29, 1.82) is 0 Å². The van der Waals surface area contributed by atoms with Crippen molar-refractivity contribution < 1.29 is 14.6 Å². The van der Waals surface area contributed by atoms with Gasteiger partial charge in [0.25, 0.3) is 0 Å². The predicted molar refractivity (Wildman–Crippen MR) is 52.0 cm³/mol. The zero-order valence-electron chi connectivity index (χ0n) is 8.83. The number of aliphatic hydroxyl groups is 1. The molecule has 5 heteroatoms. The lowest BCUT2D eigenvalue weighted by Crippen LogP contribution is -2.45. The van der Waals surface area contributed by atoms with Crippen molar-refractivity contribution in [2.24, 2.45) is 0 Å². The Morgan fingerprint density at radius 1 is 1.50 bits per heavy atom. The van der Waals surface area contributed by atoms with Crippen LogP contribution < -0.4 is 10.6 Å². The van der Waals surface area contributed by atoms with Crippen molar-refractivity contribution in [1.82, 2.24) is 10.6 Å². The molecule has 1 heterocycles. The van der Waals surface area contributed by atoms with Crippen molar-refractivity contribution >= 4 is 6.09 Å². The molecule has 1 aliphatic heterocycles. The highest BCUT2D eigenvalue weighted by atomic mass is 16.6. The number of carbonyl (C=O) groups excluding carboxylic acids is 1. The summed E-state index contributed by atoms with van der Waals surface area (Å²) in [5.74, 6) is 0. The van der Waals surface area contributed by atoms with Crippen molar-refractivity contribution in [3.8, 4) is 0 Å². The first-order chi connectivity index (χ1) is 6.38. The molecule has 3 N–H and O–H groups in total. The molecule has 0 spiro atoms. The monoisotopic (exact) mass is 202 g/mol. The van der Waals surface area contributed by atoms with Crippen LogP contribution in [0.4, 0.5) is 4.79 Å². The normalized spacial score (nSPS) is 27.4. The van der Waals surface area contributed by atoms with Crippen LogP contribution in [0.3, 0.4) is 0 Å². The first-order valence-corrected chi connectivity index (χ1v) is 4.77. The van der Waals surface area contributed by atoms with Crippen LogP contribution in [0.2, 0.25) is 0 Å². The Kier molecular flexibility index (Phi) is 3.34. The number of ether oxygens (including phenoxy) is 1. The Labute approximate surface area is 83.8 Å². The maximum absolute atomic E-state index is 11.3. The van der Waals surface area contributed by atoms with Gasteiger partial charge in [-0.25, -0.2) is 4.79 Å². The van der Waals surface area contributed by atoms with Crippen LogP contribution >= 0.6 is 0 Å². The van der Waals surface area contributed by atoms with E-state index >= 15 is 0 Å². The molecule has 1 saturated heterocycles. The van der Waals surface area contributed by atoms with Gasteiger partial charge in [0.2, 0.25) is 0 Å². The molecule has 1 rings (SSSR count). The Balaban J connectivity index is 2.33. The molecule has 0 radical (unpaired) electrons. The predicted octanol–water partition coefficient (Wildman–Crippen LogP) is -0.156. The Bertz CT molecular complexity index is 213. The van der Waals surface area contributed by atoms with Gasteiger partial charge in [-0.2, -0.15) is 0 Å². The Morgan fingerprint density at radius 3 is 2.57 bits per heavy atom. The summed E-state index contributed by atoms with van der Waals surface area (Å²) in [6.45, 7) is 6.50. The minimum atomic E-state index is -0.525. The zero-order chi connectivity index (χ0) is 10.8. The second kappa shape index (κ2) is 4.14. The molecule has 0 aromatic heterocycles. The van der Waals surface area contributed by atoms with E-state index in [9.17, 15) is 9.90 Å². The van der Waals surface area contributed by atoms with Crippen LogP contribution in [0.25, 0.3) is 0 Å². The van der Waals surface area contributed by atoms with Crippen molar-refractivity contribution in [2.45, 2.75) is 38.5 Å². The lowest BCUT2D eigenvalue weighted by molar-refractivity contribution is 0.0461. The summed E-state index contributed by atoms with van der Waals surface area (Å²) in [5, 5.41) is 15.0. The van der Waals surface area contributed by atoms with E-state index in [0.717, 1.165) is 0 Å². The SMILES string of the molecule is CC(C)(C)OC(=O)NC1CNC[C@@H]1O. The van der Waals surface area contributed by atoms with Gasteiger partial charge in [-0.3, -0.25) is 0 Å². The van der Waals surface area contributed by atoms with Gasteiger partial charge in [-0.15, -0.1) is 0 Å². The molecule has 2 atom stereocenters. The van der Waals surface area contributed by atoms with E-state index < -0.39 is 17.8 Å². The van der Waals surface area contributed by atoms with Gasteiger partial charge in [0, 0.05) is 13.1 Å². The molecular formula is C9H18N2O3. The van der Waals surface area contributed by atoms with Gasteiger partial charge in [0.1, 0.15) is 5.60 Å². The fourth-order valence-corrected chi connectivity index (χ4v) is 1.27. The second-order valence-electron chi connectivity index (χ2n) is 4.48. The van der Waals surface area contributed by atoms with E-state index in [0.29, 0.717) is 13.1 Å². The van der Waals surface area contributed by atoms with Gasteiger partial charge in [-0.05, 0) is 20.8 Å². The zero-order valence-corrected chi connectivity index (χ0v) is 8.83. The van der Waals surface area contributed by atoms with Crippen LogP contribution in [-0.4, -0.2) is 42.0 Å². The summed E-state index contributed by atoms with van der Waals surface area (Å²) in [4.78, 5) is 11.3. The molecule has 82 valence electrons. The number of aliphatic hydroxyl groups excluding tert-OH is 1. The first-order valence-electron chi connectivity index (χ1n) is 4.77. The average Bonchev–Trinajstić information content (AvgIpc) is 2.32. The molecule has 5 nitrogen and oxygen atoms in total. The smallest absolute Gasteiger partial charge is 0.408 e. The average molecular weight is 202 g/mol. The summed E-state index contributed by atoms with van der Waals surface area (Å²) in [5.41, 5.74) is -0.499. The summed E-state index contributed by atoms with van der Waals surface area (Å²) < 4.78 is 5.06. The number of β-amino-alcohol motifs (C(OH)–C–C–N with tert-alkyl or cyclic N) is 1. The number of amides is 1. The van der Waals surface area contributed by atoms with Gasteiger partial charge in [0.05, 0.1) is 12.1 Å². The second-order valence-corrected chi connectivity index (χ2v) is 4.48. The third kappa shape index (κ3) is 3.51. The largest absolute Gasteiger partial charge is 0.444 e. The summed E-state index contributed by atoms with van der Waals surface area (Å²) >= 11 is 0. The lowest BCUT2D eigenvalue weighted by Gasteiger charge is -2.22.